The molecule has 0 saturated carbocycles. The van der Waals surface area contributed by atoms with Gasteiger partial charge in [-0.15, -0.1) is 0 Å². The van der Waals surface area contributed by atoms with E-state index in [2.05, 4.69) is 14.9 Å². The summed E-state index contributed by atoms with van der Waals surface area (Å²) in [4.78, 5) is 34.0. The van der Waals surface area contributed by atoms with E-state index in [4.69, 9.17) is 4.74 Å². The molecule has 0 bridgehead atoms. The van der Waals surface area contributed by atoms with Gasteiger partial charge in [-0.2, -0.15) is 0 Å². The van der Waals surface area contributed by atoms with Gasteiger partial charge < -0.3 is 9.84 Å². The Labute approximate surface area is 169 Å². The van der Waals surface area contributed by atoms with Crippen molar-refractivity contribution >= 4 is 5.71 Å². The van der Waals surface area contributed by atoms with Crippen molar-refractivity contribution in [2.75, 3.05) is 39.4 Å². The monoisotopic (exact) mass is 400 g/mol. The third-order valence-electron chi connectivity index (χ3n) is 5.04. The van der Waals surface area contributed by atoms with Gasteiger partial charge in [0.25, 0.3) is 5.56 Å². The molecule has 1 saturated heterocycles. The summed E-state index contributed by atoms with van der Waals surface area (Å²) in [5.74, 6) is -0.378. The van der Waals surface area contributed by atoms with Crippen LogP contribution < -0.4 is 11.2 Å². The number of morpholine rings is 1. The number of rotatable bonds is 7. The molecule has 8 nitrogen and oxygen atoms in total. The predicted octanol–water partition coefficient (Wildman–Crippen LogP) is 1.46. The standard InChI is InChI=1S/C21H28N4O4/c1-3-17(22-9-4-10-24-11-13-29-14-12-24)18-19(26)23-21(28)25(20(18)27)16-7-5-15(2)6-8-16/h5-8,27H,3-4,9-14H2,1-2H3,(H,23,26,28). The minimum atomic E-state index is -0.678. The SMILES string of the molecule is CCC(=NCCCN1CCOCC1)c1c(O)n(-c2ccc(C)cc2)c(=O)[nH]c1=O. The fraction of sp³-hybridized carbons (Fsp3) is 0.476. The molecule has 2 aromatic rings. The fourth-order valence-electron chi connectivity index (χ4n) is 3.42. The maximum Gasteiger partial charge on any atom is 0.335 e. The number of hydrogen-bond donors (Lipinski definition) is 2. The zero-order valence-corrected chi connectivity index (χ0v) is 17.0. The number of aliphatic imine (C=N–C) groups is 1. The van der Waals surface area contributed by atoms with E-state index < -0.39 is 11.2 Å². The second kappa shape index (κ2) is 9.67. The number of aromatic amines is 1. The van der Waals surface area contributed by atoms with Crippen molar-refractivity contribution in [2.24, 2.45) is 4.99 Å². The molecule has 2 N–H and O–H groups in total. The highest BCUT2D eigenvalue weighted by molar-refractivity contribution is 6.02. The average molecular weight is 400 g/mol. The van der Waals surface area contributed by atoms with Crippen molar-refractivity contribution in [1.29, 1.82) is 0 Å². The Morgan fingerprint density at radius 1 is 1.21 bits per heavy atom. The number of nitrogens with one attached hydrogen (secondary N) is 1. The summed E-state index contributed by atoms with van der Waals surface area (Å²) in [6.45, 7) is 8.63. The Kier molecular flexibility index (Phi) is 7.00. The maximum atomic E-state index is 12.4. The number of aromatic hydroxyl groups is 1. The molecule has 0 atom stereocenters. The third kappa shape index (κ3) is 5.02. The molecule has 1 aliphatic rings. The number of H-pyrrole nitrogens is 1. The van der Waals surface area contributed by atoms with E-state index in [1.165, 1.54) is 0 Å². The molecule has 1 fully saturated rings. The van der Waals surface area contributed by atoms with E-state index in [1.54, 1.807) is 12.1 Å². The topological polar surface area (TPSA) is 99.9 Å². The first-order valence-corrected chi connectivity index (χ1v) is 10.0. The number of benzene rings is 1. The van der Waals surface area contributed by atoms with Gasteiger partial charge in [-0.25, -0.2) is 9.36 Å². The van der Waals surface area contributed by atoms with Crippen LogP contribution in [0, 0.1) is 6.92 Å². The van der Waals surface area contributed by atoms with Gasteiger partial charge in [0, 0.05) is 26.2 Å². The first-order chi connectivity index (χ1) is 14.0. The maximum absolute atomic E-state index is 12.4. The van der Waals surface area contributed by atoms with Crippen LogP contribution in [-0.2, 0) is 4.74 Å². The number of hydrogen-bond acceptors (Lipinski definition) is 6. The Balaban J connectivity index is 1.85. The predicted molar refractivity (Wildman–Crippen MR) is 113 cm³/mol. The summed E-state index contributed by atoms with van der Waals surface area (Å²) in [6.07, 6.45) is 1.32. The van der Waals surface area contributed by atoms with Crippen LogP contribution >= 0.6 is 0 Å². The minimum absolute atomic E-state index is 0.0547. The summed E-state index contributed by atoms with van der Waals surface area (Å²) in [7, 11) is 0. The third-order valence-corrected chi connectivity index (χ3v) is 5.04. The molecule has 1 aliphatic heterocycles. The van der Waals surface area contributed by atoms with E-state index in [1.807, 2.05) is 26.0 Å². The van der Waals surface area contributed by atoms with Crippen molar-refractivity contribution in [2.45, 2.75) is 26.7 Å². The molecule has 0 radical (unpaired) electrons. The Hall–Kier alpha value is -2.71. The highest BCUT2D eigenvalue weighted by Crippen LogP contribution is 2.18. The highest BCUT2D eigenvalue weighted by Gasteiger charge is 2.19. The summed E-state index contributed by atoms with van der Waals surface area (Å²) in [6, 6.07) is 7.13. The Bertz CT molecular complexity index is 970. The highest BCUT2D eigenvalue weighted by atomic mass is 16.5. The molecule has 0 spiro atoms. The van der Waals surface area contributed by atoms with Crippen molar-refractivity contribution in [3.8, 4) is 11.6 Å². The zero-order valence-electron chi connectivity index (χ0n) is 17.0. The first-order valence-electron chi connectivity index (χ1n) is 10.0. The van der Waals surface area contributed by atoms with Gasteiger partial charge in [-0.3, -0.25) is 19.7 Å². The lowest BCUT2D eigenvalue weighted by Gasteiger charge is -2.26. The molecule has 29 heavy (non-hydrogen) atoms. The lowest BCUT2D eigenvalue weighted by atomic mass is 10.1. The van der Waals surface area contributed by atoms with E-state index >= 15 is 0 Å². The van der Waals surface area contributed by atoms with Crippen LogP contribution in [0.3, 0.4) is 0 Å². The van der Waals surface area contributed by atoms with Crippen LogP contribution in [0.1, 0.15) is 30.9 Å². The van der Waals surface area contributed by atoms with Crippen molar-refractivity contribution < 1.29 is 9.84 Å². The van der Waals surface area contributed by atoms with Crippen LogP contribution in [0.25, 0.3) is 5.69 Å². The van der Waals surface area contributed by atoms with Crippen LogP contribution in [0.4, 0.5) is 0 Å². The van der Waals surface area contributed by atoms with Gasteiger partial charge in [0.2, 0.25) is 5.88 Å². The molecular formula is C21H28N4O4. The van der Waals surface area contributed by atoms with E-state index in [0.717, 1.165) is 49.4 Å². The van der Waals surface area contributed by atoms with Crippen LogP contribution in [-0.4, -0.2) is 64.7 Å². The molecule has 0 aliphatic carbocycles. The molecule has 1 aromatic heterocycles. The van der Waals surface area contributed by atoms with Crippen molar-refractivity contribution in [3.05, 3.63) is 56.2 Å². The van der Waals surface area contributed by atoms with E-state index in [-0.39, 0.29) is 11.4 Å². The first kappa shape index (κ1) is 21.0. The number of aryl methyl sites for hydroxylation is 1. The van der Waals surface area contributed by atoms with Gasteiger partial charge in [0.15, 0.2) is 0 Å². The van der Waals surface area contributed by atoms with Crippen LogP contribution in [0.5, 0.6) is 5.88 Å². The van der Waals surface area contributed by atoms with Gasteiger partial charge in [0.05, 0.1) is 24.6 Å². The zero-order chi connectivity index (χ0) is 20.8. The fourth-order valence-corrected chi connectivity index (χ4v) is 3.42. The number of nitrogens with zero attached hydrogens (tertiary/aromatic N) is 3. The van der Waals surface area contributed by atoms with Gasteiger partial charge in [-0.05, 0) is 31.9 Å². The molecule has 0 unspecified atom stereocenters. The largest absolute Gasteiger partial charge is 0.493 e. The van der Waals surface area contributed by atoms with Crippen molar-refractivity contribution in [3.63, 3.8) is 0 Å². The van der Waals surface area contributed by atoms with E-state index in [0.29, 0.717) is 24.4 Å². The van der Waals surface area contributed by atoms with Gasteiger partial charge in [0.1, 0.15) is 5.56 Å². The molecule has 156 valence electrons. The summed E-state index contributed by atoms with van der Waals surface area (Å²) in [5.41, 5.74) is 0.763. The van der Waals surface area contributed by atoms with Crippen LogP contribution in [0.15, 0.2) is 38.8 Å². The van der Waals surface area contributed by atoms with Gasteiger partial charge in [-0.1, -0.05) is 24.6 Å². The summed E-state index contributed by atoms with van der Waals surface area (Å²) < 4.78 is 6.45. The molecule has 0 amide bonds. The Morgan fingerprint density at radius 3 is 2.55 bits per heavy atom. The second-order valence-electron chi connectivity index (χ2n) is 7.12. The van der Waals surface area contributed by atoms with Crippen molar-refractivity contribution in [1.82, 2.24) is 14.5 Å². The smallest absolute Gasteiger partial charge is 0.335 e. The van der Waals surface area contributed by atoms with E-state index in [9.17, 15) is 14.7 Å². The normalized spacial score (nSPS) is 15.6. The second-order valence-corrected chi connectivity index (χ2v) is 7.12. The lowest BCUT2D eigenvalue weighted by Crippen LogP contribution is -2.37. The molecular weight excluding hydrogens is 372 g/mol. The summed E-state index contributed by atoms with van der Waals surface area (Å²) in [5, 5.41) is 10.8. The van der Waals surface area contributed by atoms with Crippen LogP contribution in [0.2, 0.25) is 0 Å². The molecule has 3 rings (SSSR count). The number of aromatic nitrogens is 2. The molecule has 2 heterocycles. The average Bonchev–Trinajstić information content (AvgIpc) is 2.71. The molecule has 1 aromatic carbocycles. The minimum Gasteiger partial charge on any atom is -0.493 e. The quantitative estimate of drug-likeness (QED) is 0.541. The molecule has 8 heteroatoms. The van der Waals surface area contributed by atoms with Gasteiger partial charge >= 0.3 is 5.69 Å². The Morgan fingerprint density at radius 2 is 1.90 bits per heavy atom. The summed E-state index contributed by atoms with van der Waals surface area (Å²) >= 11 is 0. The lowest BCUT2D eigenvalue weighted by molar-refractivity contribution is 0.0377. The number of ether oxygens (including phenoxy) is 1.